The highest BCUT2D eigenvalue weighted by Gasteiger charge is 2.19. The molecule has 0 atom stereocenters. The van der Waals surface area contributed by atoms with E-state index < -0.39 is 21.5 Å². The monoisotopic (exact) mass is 353 g/mol. The summed E-state index contributed by atoms with van der Waals surface area (Å²) in [5.74, 6) is -0.564. The van der Waals surface area contributed by atoms with E-state index in [2.05, 4.69) is 5.32 Å². The average Bonchev–Trinajstić information content (AvgIpc) is 2.49. The van der Waals surface area contributed by atoms with E-state index in [0.29, 0.717) is 23.1 Å². The number of hydrogen-bond donors (Lipinski definition) is 1. The Morgan fingerprint density at radius 2 is 1.70 bits per heavy atom. The molecule has 0 aliphatic heterocycles. The number of nitrogens with one attached hydrogen (secondary N) is 1. The Morgan fingerprint density at radius 1 is 1.09 bits per heavy atom. The van der Waals surface area contributed by atoms with Gasteiger partial charge in [0, 0.05) is 10.7 Å². The van der Waals surface area contributed by atoms with Crippen LogP contribution in [0.2, 0.25) is 5.02 Å². The Labute approximate surface area is 140 Å². The van der Waals surface area contributed by atoms with E-state index in [1.807, 2.05) is 6.92 Å². The van der Waals surface area contributed by atoms with Gasteiger partial charge in [0.25, 0.3) is 0 Å². The standard InChI is InChI=1S/C16H16ClNO4S/c1-2-22-14-7-5-13(6-8-14)18-16(19)11-23(20,21)15-9-3-12(17)4-10-15/h3-10H,2,11H2,1H3,(H,18,19). The molecule has 1 amide bonds. The van der Waals surface area contributed by atoms with Gasteiger partial charge in [-0.1, -0.05) is 11.6 Å². The van der Waals surface area contributed by atoms with Crippen molar-refractivity contribution >= 4 is 33.0 Å². The Morgan fingerprint density at radius 3 is 2.26 bits per heavy atom. The van der Waals surface area contributed by atoms with Crippen molar-refractivity contribution in [2.75, 3.05) is 17.7 Å². The number of carbonyl (C=O) groups excluding carboxylic acids is 1. The number of benzene rings is 2. The second-order valence-electron chi connectivity index (χ2n) is 4.72. The van der Waals surface area contributed by atoms with Gasteiger partial charge in [0.05, 0.1) is 11.5 Å². The van der Waals surface area contributed by atoms with Crippen LogP contribution in [0.3, 0.4) is 0 Å². The summed E-state index contributed by atoms with van der Waals surface area (Å²) in [6.07, 6.45) is 0. The van der Waals surface area contributed by atoms with Gasteiger partial charge in [-0.25, -0.2) is 8.42 Å². The van der Waals surface area contributed by atoms with Crippen LogP contribution >= 0.6 is 11.6 Å². The molecule has 2 aromatic rings. The first kappa shape index (κ1) is 17.3. The summed E-state index contributed by atoms with van der Waals surface area (Å²) in [5.41, 5.74) is 0.504. The molecule has 5 nitrogen and oxygen atoms in total. The molecule has 0 aromatic heterocycles. The highest BCUT2D eigenvalue weighted by atomic mass is 35.5. The highest BCUT2D eigenvalue weighted by molar-refractivity contribution is 7.92. The van der Waals surface area contributed by atoms with Gasteiger partial charge in [0.2, 0.25) is 5.91 Å². The van der Waals surface area contributed by atoms with Gasteiger partial charge in [-0.05, 0) is 55.5 Å². The van der Waals surface area contributed by atoms with Crippen LogP contribution in [0.15, 0.2) is 53.4 Å². The molecule has 1 N–H and O–H groups in total. The van der Waals surface area contributed by atoms with Gasteiger partial charge in [-0.3, -0.25) is 4.79 Å². The van der Waals surface area contributed by atoms with Crippen molar-refractivity contribution in [2.45, 2.75) is 11.8 Å². The minimum atomic E-state index is -3.71. The van der Waals surface area contributed by atoms with Crippen molar-refractivity contribution in [1.82, 2.24) is 0 Å². The van der Waals surface area contributed by atoms with E-state index in [1.54, 1.807) is 24.3 Å². The lowest BCUT2D eigenvalue weighted by Crippen LogP contribution is -2.23. The van der Waals surface area contributed by atoms with Crippen LogP contribution in [0, 0.1) is 0 Å². The quantitative estimate of drug-likeness (QED) is 0.865. The molecule has 2 aromatic carbocycles. The Balaban J connectivity index is 2.02. The molecular formula is C16H16ClNO4S. The zero-order valence-electron chi connectivity index (χ0n) is 12.5. The number of carbonyl (C=O) groups is 1. The fourth-order valence-corrected chi connectivity index (χ4v) is 3.16. The van der Waals surface area contributed by atoms with E-state index in [9.17, 15) is 13.2 Å². The largest absolute Gasteiger partial charge is 0.494 e. The van der Waals surface area contributed by atoms with Crippen LogP contribution < -0.4 is 10.1 Å². The molecule has 0 saturated heterocycles. The third-order valence-corrected chi connectivity index (χ3v) is 4.83. The smallest absolute Gasteiger partial charge is 0.239 e. The Kier molecular flexibility index (Phi) is 5.63. The minimum Gasteiger partial charge on any atom is -0.494 e. The first-order valence-corrected chi connectivity index (χ1v) is 8.95. The summed E-state index contributed by atoms with van der Waals surface area (Å²) >= 11 is 5.73. The third kappa shape index (κ3) is 4.97. The Bertz CT molecular complexity index is 771. The molecule has 0 heterocycles. The molecule has 0 fully saturated rings. The van der Waals surface area contributed by atoms with Crippen molar-refractivity contribution in [3.8, 4) is 5.75 Å². The van der Waals surface area contributed by atoms with E-state index in [1.165, 1.54) is 24.3 Å². The molecule has 0 unspecified atom stereocenters. The van der Waals surface area contributed by atoms with Crippen LogP contribution in [0.5, 0.6) is 5.75 Å². The van der Waals surface area contributed by atoms with Crippen molar-refractivity contribution < 1.29 is 17.9 Å². The molecule has 7 heteroatoms. The molecule has 23 heavy (non-hydrogen) atoms. The fourth-order valence-electron chi connectivity index (χ4n) is 1.90. The summed E-state index contributed by atoms with van der Waals surface area (Å²) < 4.78 is 29.6. The lowest BCUT2D eigenvalue weighted by Gasteiger charge is -2.08. The second-order valence-corrected chi connectivity index (χ2v) is 7.14. The fraction of sp³-hybridized carbons (Fsp3) is 0.188. The normalized spacial score (nSPS) is 11.0. The topological polar surface area (TPSA) is 72.5 Å². The van der Waals surface area contributed by atoms with E-state index in [-0.39, 0.29) is 4.90 Å². The van der Waals surface area contributed by atoms with E-state index in [4.69, 9.17) is 16.3 Å². The van der Waals surface area contributed by atoms with Crippen molar-refractivity contribution in [2.24, 2.45) is 0 Å². The number of halogens is 1. The molecule has 122 valence electrons. The van der Waals surface area contributed by atoms with E-state index in [0.717, 1.165) is 0 Å². The maximum absolute atomic E-state index is 12.2. The number of anilines is 1. The lowest BCUT2D eigenvalue weighted by molar-refractivity contribution is -0.113. The van der Waals surface area contributed by atoms with E-state index >= 15 is 0 Å². The summed E-state index contributed by atoms with van der Waals surface area (Å²) in [5, 5.41) is 2.98. The van der Waals surface area contributed by atoms with Crippen LogP contribution in [0.4, 0.5) is 5.69 Å². The highest BCUT2D eigenvalue weighted by Crippen LogP contribution is 2.17. The SMILES string of the molecule is CCOc1ccc(NC(=O)CS(=O)(=O)c2ccc(Cl)cc2)cc1. The van der Waals surface area contributed by atoms with Gasteiger partial charge in [0.15, 0.2) is 9.84 Å². The zero-order chi connectivity index (χ0) is 16.9. The first-order chi connectivity index (χ1) is 10.9. The summed E-state index contributed by atoms with van der Waals surface area (Å²) in [7, 11) is -3.71. The minimum absolute atomic E-state index is 0.0590. The predicted octanol–water partition coefficient (Wildman–Crippen LogP) is 3.15. The zero-order valence-corrected chi connectivity index (χ0v) is 14.0. The molecule has 0 radical (unpaired) electrons. The second kappa shape index (κ2) is 7.48. The summed E-state index contributed by atoms with van der Waals surface area (Å²) in [6, 6.07) is 12.4. The summed E-state index contributed by atoms with van der Waals surface area (Å²) in [4.78, 5) is 12.0. The third-order valence-electron chi connectivity index (χ3n) is 2.94. The van der Waals surface area contributed by atoms with Crippen molar-refractivity contribution in [3.05, 3.63) is 53.6 Å². The van der Waals surface area contributed by atoms with Crippen molar-refractivity contribution in [3.63, 3.8) is 0 Å². The summed E-state index contributed by atoms with van der Waals surface area (Å²) in [6.45, 7) is 2.42. The number of amides is 1. The van der Waals surface area contributed by atoms with Crippen LogP contribution in [-0.2, 0) is 14.6 Å². The Hall–Kier alpha value is -2.05. The van der Waals surface area contributed by atoms with Gasteiger partial charge in [-0.15, -0.1) is 0 Å². The maximum Gasteiger partial charge on any atom is 0.239 e. The number of ether oxygens (including phenoxy) is 1. The average molecular weight is 354 g/mol. The van der Waals surface area contributed by atoms with Crippen LogP contribution in [0.25, 0.3) is 0 Å². The molecule has 0 bridgehead atoms. The van der Waals surface area contributed by atoms with Gasteiger partial charge >= 0.3 is 0 Å². The van der Waals surface area contributed by atoms with Crippen molar-refractivity contribution in [1.29, 1.82) is 0 Å². The van der Waals surface area contributed by atoms with Gasteiger partial charge < -0.3 is 10.1 Å². The predicted molar refractivity (Wildman–Crippen MR) is 89.7 cm³/mol. The maximum atomic E-state index is 12.2. The molecule has 0 aliphatic rings. The molecule has 0 aliphatic carbocycles. The van der Waals surface area contributed by atoms with Crippen LogP contribution in [-0.4, -0.2) is 26.7 Å². The van der Waals surface area contributed by atoms with Gasteiger partial charge in [0.1, 0.15) is 11.5 Å². The molecular weight excluding hydrogens is 338 g/mol. The first-order valence-electron chi connectivity index (χ1n) is 6.92. The number of sulfone groups is 1. The van der Waals surface area contributed by atoms with Gasteiger partial charge in [-0.2, -0.15) is 0 Å². The van der Waals surface area contributed by atoms with Crippen LogP contribution in [0.1, 0.15) is 6.92 Å². The molecule has 2 rings (SSSR count). The molecule has 0 saturated carbocycles. The lowest BCUT2D eigenvalue weighted by atomic mass is 10.3. The number of rotatable bonds is 6. The number of hydrogen-bond acceptors (Lipinski definition) is 4. The molecule has 0 spiro atoms.